The van der Waals surface area contributed by atoms with Gasteiger partial charge < -0.3 is 14.4 Å². The van der Waals surface area contributed by atoms with Crippen molar-refractivity contribution in [1.29, 1.82) is 0 Å². The summed E-state index contributed by atoms with van der Waals surface area (Å²) in [6.45, 7) is 1.60. The summed E-state index contributed by atoms with van der Waals surface area (Å²) < 4.78 is 34.9. The number of rotatable bonds is 8. The van der Waals surface area contributed by atoms with Crippen molar-refractivity contribution in [2.45, 2.75) is 31.6 Å². The average molecular weight is 320 g/mol. The van der Waals surface area contributed by atoms with E-state index in [1.54, 1.807) is 6.92 Å². The zero-order valence-corrected chi connectivity index (χ0v) is 12.3. The van der Waals surface area contributed by atoms with Crippen LogP contribution < -0.4 is 4.72 Å². The number of nitrogens with zero attached hydrogens (tertiary/aromatic N) is 1. The molecule has 1 aromatic rings. The number of hydrogen-bond donors (Lipinski definition) is 2. The minimum absolute atomic E-state index is 0.164. The number of sulfonamides is 1. The minimum Gasteiger partial charge on any atom is -0.480 e. The standard InChI is InChI=1S/C11H16N2O7S/c1-7-5-8(12-20-7)6-21(17,18)13-9(11(15)16)3-4-10(14)19-2/h5,9,13H,3-4,6H2,1-2H3,(H,15,16)/t9-/m0/s1. The highest BCUT2D eigenvalue weighted by Gasteiger charge is 2.25. The zero-order chi connectivity index (χ0) is 16.0. The first-order chi connectivity index (χ1) is 9.73. The van der Waals surface area contributed by atoms with Gasteiger partial charge in [-0.2, -0.15) is 0 Å². The maximum absolute atomic E-state index is 11.9. The van der Waals surface area contributed by atoms with Gasteiger partial charge in [-0.15, -0.1) is 0 Å². The summed E-state index contributed by atoms with van der Waals surface area (Å²) in [5.41, 5.74) is 0.164. The van der Waals surface area contributed by atoms with Gasteiger partial charge in [-0.1, -0.05) is 5.16 Å². The van der Waals surface area contributed by atoms with E-state index in [-0.39, 0.29) is 18.5 Å². The van der Waals surface area contributed by atoms with Crippen molar-refractivity contribution in [3.8, 4) is 0 Å². The third kappa shape index (κ3) is 5.92. The van der Waals surface area contributed by atoms with Crippen LogP contribution in [0.25, 0.3) is 0 Å². The Morgan fingerprint density at radius 2 is 2.19 bits per heavy atom. The van der Waals surface area contributed by atoms with E-state index < -0.39 is 33.8 Å². The predicted octanol–water partition coefficient (Wildman–Crippen LogP) is -0.191. The van der Waals surface area contributed by atoms with E-state index in [0.29, 0.717) is 5.76 Å². The van der Waals surface area contributed by atoms with Gasteiger partial charge in [0.2, 0.25) is 10.0 Å². The van der Waals surface area contributed by atoms with Crippen molar-refractivity contribution >= 4 is 22.0 Å². The Morgan fingerprint density at radius 3 is 2.67 bits per heavy atom. The molecule has 21 heavy (non-hydrogen) atoms. The molecule has 118 valence electrons. The van der Waals surface area contributed by atoms with Crippen LogP contribution in [0.15, 0.2) is 10.6 Å². The molecule has 2 N–H and O–H groups in total. The Kier molecular flexibility index (Phi) is 5.85. The zero-order valence-electron chi connectivity index (χ0n) is 11.5. The van der Waals surface area contributed by atoms with Crippen molar-refractivity contribution < 1.29 is 32.4 Å². The summed E-state index contributed by atoms with van der Waals surface area (Å²) in [6, 6.07) is 0.0193. The molecule has 1 aromatic heterocycles. The molecule has 0 radical (unpaired) electrons. The van der Waals surface area contributed by atoms with Crippen LogP contribution in [0.5, 0.6) is 0 Å². The van der Waals surface area contributed by atoms with Crippen molar-refractivity contribution in [3.63, 3.8) is 0 Å². The number of hydrogen-bond acceptors (Lipinski definition) is 7. The Bertz CT molecular complexity index is 608. The van der Waals surface area contributed by atoms with Crippen LogP contribution in [0.3, 0.4) is 0 Å². The maximum atomic E-state index is 11.9. The lowest BCUT2D eigenvalue weighted by Crippen LogP contribution is -2.41. The van der Waals surface area contributed by atoms with Gasteiger partial charge in [0.1, 0.15) is 23.2 Å². The highest BCUT2D eigenvalue weighted by atomic mass is 32.2. The lowest BCUT2D eigenvalue weighted by Gasteiger charge is -2.13. The number of carbonyl (C=O) groups is 2. The number of ether oxygens (including phenoxy) is 1. The molecule has 10 heteroatoms. The first-order valence-electron chi connectivity index (χ1n) is 5.95. The van der Waals surface area contributed by atoms with Crippen LogP contribution in [0.2, 0.25) is 0 Å². The Labute approximate surface area is 121 Å². The van der Waals surface area contributed by atoms with Crippen molar-refractivity contribution in [1.82, 2.24) is 9.88 Å². The van der Waals surface area contributed by atoms with Gasteiger partial charge in [0.15, 0.2) is 0 Å². The van der Waals surface area contributed by atoms with E-state index in [1.165, 1.54) is 6.07 Å². The van der Waals surface area contributed by atoms with Crippen LogP contribution in [0.1, 0.15) is 24.3 Å². The molecule has 0 bridgehead atoms. The first-order valence-corrected chi connectivity index (χ1v) is 7.60. The van der Waals surface area contributed by atoms with E-state index in [4.69, 9.17) is 9.63 Å². The van der Waals surface area contributed by atoms with E-state index in [2.05, 4.69) is 9.89 Å². The molecule has 9 nitrogen and oxygen atoms in total. The molecule has 0 aromatic carbocycles. The molecule has 0 aliphatic heterocycles. The fourth-order valence-electron chi connectivity index (χ4n) is 1.54. The van der Waals surface area contributed by atoms with E-state index in [0.717, 1.165) is 7.11 Å². The van der Waals surface area contributed by atoms with Gasteiger partial charge in [0, 0.05) is 12.5 Å². The SMILES string of the molecule is COC(=O)CC[C@H](NS(=O)(=O)Cc1cc(C)on1)C(=O)O. The number of aryl methyl sites for hydroxylation is 1. The minimum atomic E-state index is -3.93. The summed E-state index contributed by atoms with van der Waals surface area (Å²) in [5, 5.41) is 12.5. The Hall–Kier alpha value is -1.94. The summed E-state index contributed by atoms with van der Waals surface area (Å²) >= 11 is 0. The number of carbonyl (C=O) groups excluding carboxylic acids is 1. The third-order valence-electron chi connectivity index (χ3n) is 2.50. The Balaban J connectivity index is 2.68. The van der Waals surface area contributed by atoms with E-state index in [1.807, 2.05) is 4.72 Å². The molecule has 1 atom stereocenters. The summed E-state index contributed by atoms with van der Waals surface area (Å²) in [4.78, 5) is 22.0. The summed E-state index contributed by atoms with van der Waals surface area (Å²) in [5.74, 6) is -2.06. The van der Waals surface area contributed by atoms with Gasteiger partial charge in [0.05, 0.1) is 7.11 Å². The van der Waals surface area contributed by atoms with Crippen LogP contribution in [0, 0.1) is 6.92 Å². The molecular weight excluding hydrogens is 304 g/mol. The van der Waals surface area contributed by atoms with Crippen molar-refractivity contribution in [2.75, 3.05) is 7.11 Å². The molecule has 0 fully saturated rings. The van der Waals surface area contributed by atoms with Gasteiger partial charge in [0.25, 0.3) is 0 Å². The fourth-order valence-corrected chi connectivity index (χ4v) is 2.80. The maximum Gasteiger partial charge on any atom is 0.321 e. The van der Waals surface area contributed by atoms with Gasteiger partial charge >= 0.3 is 11.9 Å². The molecular formula is C11H16N2O7S. The smallest absolute Gasteiger partial charge is 0.321 e. The lowest BCUT2D eigenvalue weighted by molar-refractivity contribution is -0.142. The molecule has 0 aliphatic carbocycles. The number of nitrogens with one attached hydrogen (secondary N) is 1. The molecule has 0 amide bonds. The van der Waals surface area contributed by atoms with E-state index >= 15 is 0 Å². The number of aliphatic carboxylic acids is 1. The average Bonchev–Trinajstić information content (AvgIpc) is 2.78. The number of esters is 1. The molecule has 0 saturated carbocycles. The third-order valence-corrected chi connectivity index (χ3v) is 3.82. The molecule has 0 spiro atoms. The second kappa shape index (κ2) is 7.18. The fraction of sp³-hybridized carbons (Fsp3) is 0.545. The van der Waals surface area contributed by atoms with Gasteiger partial charge in [-0.25, -0.2) is 13.1 Å². The summed E-state index contributed by atoms with van der Waals surface area (Å²) in [7, 11) is -2.76. The first kappa shape index (κ1) is 17.1. The van der Waals surface area contributed by atoms with Crippen molar-refractivity contribution in [2.24, 2.45) is 0 Å². The molecule has 0 aliphatic rings. The number of carboxylic acids is 1. The largest absolute Gasteiger partial charge is 0.480 e. The van der Waals surface area contributed by atoms with Crippen LogP contribution >= 0.6 is 0 Å². The molecule has 0 unspecified atom stereocenters. The Morgan fingerprint density at radius 1 is 1.52 bits per heavy atom. The molecule has 1 heterocycles. The number of aromatic nitrogens is 1. The lowest BCUT2D eigenvalue weighted by atomic mass is 10.2. The van der Waals surface area contributed by atoms with Crippen LogP contribution in [0.4, 0.5) is 0 Å². The number of methoxy groups -OCH3 is 1. The van der Waals surface area contributed by atoms with Gasteiger partial charge in [-0.05, 0) is 13.3 Å². The van der Waals surface area contributed by atoms with Crippen LogP contribution in [-0.4, -0.2) is 43.8 Å². The second-order valence-corrected chi connectivity index (χ2v) is 6.07. The molecule has 1 rings (SSSR count). The monoisotopic (exact) mass is 320 g/mol. The highest BCUT2D eigenvalue weighted by Crippen LogP contribution is 2.08. The molecule has 0 saturated heterocycles. The topological polar surface area (TPSA) is 136 Å². The normalized spacial score (nSPS) is 12.9. The number of carboxylic acid groups (broad SMARTS) is 1. The second-order valence-electron chi connectivity index (χ2n) is 4.31. The van der Waals surface area contributed by atoms with E-state index in [9.17, 15) is 18.0 Å². The quantitative estimate of drug-likeness (QED) is 0.629. The van der Waals surface area contributed by atoms with Gasteiger partial charge in [-0.3, -0.25) is 9.59 Å². The van der Waals surface area contributed by atoms with Crippen molar-refractivity contribution in [3.05, 3.63) is 17.5 Å². The predicted molar refractivity (Wildman–Crippen MR) is 69.7 cm³/mol. The summed E-state index contributed by atoms with van der Waals surface area (Å²) in [6.07, 6.45) is -0.419. The highest BCUT2D eigenvalue weighted by molar-refractivity contribution is 7.88. The van der Waals surface area contributed by atoms with Crippen LogP contribution in [-0.2, 0) is 30.1 Å².